The largest absolute Gasteiger partial charge is 0.459 e. The number of benzene rings is 3. The van der Waals surface area contributed by atoms with E-state index in [1.54, 1.807) is 20.8 Å². The highest BCUT2D eigenvalue weighted by molar-refractivity contribution is 5.84. The lowest BCUT2D eigenvalue weighted by Gasteiger charge is -2.23. The predicted molar refractivity (Wildman–Crippen MR) is 127 cm³/mol. The number of hydrogen-bond acceptors (Lipinski definition) is 4. The summed E-state index contributed by atoms with van der Waals surface area (Å²) in [6.45, 7) is 9.50. The fourth-order valence-corrected chi connectivity index (χ4v) is 3.65. The maximum absolute atomic E-state index is 13.0. The lowest BCUT2D eigenvalue weighted by atomic mass is 10.0. The Bertz CT molecular complexity index is 1090. The summed E-state index contributed by atoms with van der Waals surface area (Å²) in [6.07, 6.45) is -0.345. The molecule has 0 heterocycles. The van der Waals surface area contributed by atoms with E-state index in [4.69, 9.17) is 9.47 Å². The molecule has 3 aromatic carbocycles. The van der Waals surface area contributed by atoms with Crippen LogP contribution in [0.3, 0.4) is 0 Å². The minimum atomic E-state index is -0.864. The van der Waals surface area contributed by atoms with Gasteiger partial charge in [-0.1, -0.05) is 71.8 Å². The Morgan fingerprint density at radius 1 is 0.875 bits per heavy atom. The van der Waals surface area contributed by atoms with Crippen molar-refractivity contribution in [3.8, 4) is 0 Å². The summed E-state index contributed by atoms with van der Waals surface area (Å²) < 4.78 is 10.9. The van der Waals surface area contributed by atoms with Crippen LogP contribution in [0.2, 0.25) is 0 Å². The molecule has 0 saturated carbocycles. The number of aryl methyl sites for hydroxylation is 2. The number of fused-ring (bicyclic) bond motifs is 1. The quantitative estimate of drug-likeness (QED) is 0.511. The Kier molecular flexibility index (Phi) is 7.18. The van der Waals surface area contributed by atoms with Crippen molar-refractivity contribution < 1.29 is 19.1 Å². The molecule has 0 aromatic heterocycles. The molecule has 32 heavy (non-hydrogen) atoms. The van der Waals surface area contributed by atoms with Gasteiger partial charge in [0.25, 0.3) is 0 Å². The van der Waals surface area contributed by atoms with Gasteiger partial charge in [-0.05, 0) is 56.5 Å². The van der Waals surface area contributed by atoms with Crippen molar-refractivity contribution in [3.63, 3.8) is 0 Å². The molecule has 0 aliphatic carbocycles. The highest BCUT2D eigenvalue weighted by Crippen LogP contribution is 2.18. The lowest BCUT2D eigenvalue weighted by Crippen LogP contribution is -2.45. The van der Waals surface area contributed by atoms with E-state index >= 15 is 0 Å². The van der Waals surface area contributed by atoms with Gasteiger partial charge in [-0.25, -0.2) is 9.59 Å². The molecule has 1 amide bonds. The van der Waals surface area contributed by atoms with Crippen LogP contribution in [0, 0.1) is 13.8 Å². The van der Waals surface area contributed by atoms with E-state index in [1.807, 2.05) is 68.4 Å². The summed E-state index contributed by atoms with van der Waals surface area (Å²) in [7, 11) is 0. The zero-order valence-electron chi connectivity index (χ0n) is 19.4. The molecule has 0 aliphatic heterocycles. The van der Waals surface area contributed by atoms with Crippen molar-refractivity contribution in [3.05, 3.63) is 82.9 Å². The summed E-state index contributed by atoms with van der Waals surface area (Å²) in [5.41, 5.74) is 3.39. The monoisotopic (exact) mass is 433 g/mol. The second kappa shape index (κ2) is 9.86. The van der Waals surface area contributed by atoms with E-state index in [0.717, 1.165) is 33.0 Å². The highest BCUT2D eigenvalue weighted by atomic mass is 16.6. The second-order valence-electron chi connectivity index (χ2n) is 9.19. The average Bonchev–Trinajstić information content (AvgIpc) is 2.69. The normalized spacial score (nSPS) is 12.3. The predicted octanol–water partition coefficient (Wildman–Crippen LogP) is 5.64. The average molecular weight is 434 g/mol. The molecule has 0 saturated heterocycles. The van der Waals surface area contributed by atoms with E-state index in [2.05, 4.69) is 11.4 Å². The first kappa shape index (κ1) is 23.3. The first-order chi connectivity index (χ1) is 15.1. The van der Waals surface area contributed by atoms with Gasteiger partial charge in [0.2, 0.25) is 0 Å². The third-order valence-electron chi connectivity index (χ3n) is 4.89. The molecule has 5 nitrogen and oxygen atoms in total. The van der Waals surface area contributed by atoms with Gasteiger partial charge in [0, 0.05) is 6.42 Å². The topological polar surface area (TPSA) is 64.6 Å². The number of alkyl carbamates (subject to hydrolysis) is 1. The number of amides is 1. The first-order valence-electron chi connectivity index (χ1n) is 10.8. The first-order valence-corrected chi connectivity index (χ1v) is 10.8. The van der Waals surface area contributed by atoms with Gasteiger partial charge in [0.05, 0.1) is 0 Å². The maximum Gasteiger partial charge on any atom is 0.408 e. The SMILES string of the molecule is Cc1cc(C)cc(COC(=O)[C@H](Cc2ccc3ccccc3c2)NC(=O)OC(C)(C)C)c1. The van der Waals surface area contributed by atoms with Crippen molar-refractivity contribution >= 4 is 22.8 Å². The Morgan fingerprint density at radius 3 is 2.19 bits per heavy atom. The fourth-order valence-electron chi connectivity index (χ4n) is 3.65. The fraction of sp³-hybridized carbons (Fsp3) is 0.333. The third-order valence-corrected chi connectivity index (χ3v) is 4.89. The minimum Gasteiger partial charge on any atom is -0.459 e. The van der Waals surface area contributed by atoms with Crippen molar-refractivity contribution in [1.29, 1.82) is 0 Å². The molecule has 0 fully saturated rings. The van der Waals surface area contributed by atoms with Crippen LogP contribution < -0.4 is 5.32 Å². The van der Waals surface area contributed by atoms with Gasteiger partial charge in [0.15, 0.2) is 0 Å². The number of carbonyl (C=O) groups excluding carboxylic acids is 2. The van der Waals surface area contributed by atoms with Crippen LogP contribution in [-0.4, -0.2) is 23.7 Å². The molecule has 3 aromatic rings. The Labute approximate surface area is 189 Å². The van der Waals surface area contributed by atoms with E-state index in [-0.39, 0.29) is 6.61 Å². The second-order valence-corrected chi connectivity index (χ2v) is 9.19. The molecule has 1 N–H and O–H groups in total. The van der Waals surface area contributed by atoms with Crippen LogP contribution in [0.1, 0.15) is 43.0 Å². The van der Waals surface area contributed by atoms with E-state index in [0.29, 0.717) is 6.42 Å². The summed E-state index contributed by atoms with van der Waals surface area (Å²) in [4.78, 5) is 25.4. The van der Waals surface area contributed by atoms with E-state index in [9.17, 15) is 9.59 Å². The lowest BCUT2D eigenvalue weighted by molar-refractivity contribution is -0.147. The highest BCUT2D eigenvalue weighted by Gasteiger charge is 2.26. The van der Waals surface area contributed by atoms with Crippen LogP contribution in [0.15, 0.2) is 60.7 Å². The van der Waals surface area contributed by atoms with Gasteiger partial charge in [-0.3, -0.25) is 0 Å². The van der Waals surface area contributed by atoms with Gasteiger partial charge in [0.1, 0.15) is 18.2 Å². The van der Waals surface area contributed by atoms with Crippen LogP contribution in [0.4, 0.5) is 4.79 Å². The molecular formula is C27H31NO4. The van der Waals surface area contributed by atoms with Crippen LogP contribution >= 0.6 is 0 Å². The molecule has 0 aliphatic rings. The molecular weight excluding hydrogens is 402 g/mol. The van der Waals surface area contributed by atoms with Crippen LogP contribution in [0.25, 0.3) is 10.8 Å². The molecule has 5 heteroatoms. The number of ether oxygens (including phenoxy) is 2. The smallest absolute Gasteiger partial charge is 0.408 e. The summed E-state index contributed by atoms with van der Waals surface area (Å²) in [6, 6.07) is 19.2. The molecule has 0 unspecified atom stereocenters. The van der Waals surface area contributed by atoms with Gasteiger partial charge < -0.3 is 14.8 Å². The van der Waals surface area contributed by atoms with Crippen molar-refractivity contribution in [2.45, 2.75) is 59.3 Å². The minimum absolute atomic E-state index is 0.144. The molecule has 168 valence electrons. The maximum atomic E-state index is 13.0. The summed E-state index contributed by atoms with van der Waals surface area (Å²) in [5, 5.41) is 4.88. The van der Waals surface area contributed by atoms with Crippen molar-refractivity contribution in [1.82, 2.24) is 5.32 Å². The standard InChI is InChI=1S/C27H31NO4/c1-18-12-19(2)14-21(13-18)17-31-25(29)24(28-26(30)32-27(3,4)5)16-20-10-11-22-8-6-7-9-23(22)15-20/h6-15,24H,16-17H2,1-5H3,(H,28,30)/t24-/m0/s1. The number of rotatable bonds is 6. The summed E-state index contributed by atoms with van der Waals surface area (Å²) >= 11 is 0. The number of nitrogens with one attached hydrogen (secondary N) is 1. The molecule has 1 atom stereocenters. The Hall–Kier alpha value is -3.34. The van der Waals surface area contributed by atoms with Gasteiger partial charge in [-0.2, -0.15) is 0 Å². The zero-order valence-corrected chi connectivity index (χ0v) is 19.4. The van der Waals surface area contributed by atoms with E-state index in [1.165, 1.54) is 0 Å². The van der Waals surface area contributed by atoms with Gasteiger partial charge >= 0.3 is 12.1 Å². The van der Waals surface area contributed by atoms with Gasteiger partial charge in [-0.15, -0.1) is 0 Å². The molecule has 3 rings (SSSR count). The van der Waals surface area contributed by atoms with E-state index < -0.39 is 23.7 Å². The van der Waals surface area contributed by atoms with Crippen LogP contribution in [-0.2, 0) is 27.3 Å². The number of hydrogen-bond donors (Lipinski definition) is 1. The number of carbonyl (C=O) groups is 2. The Balaban J connectivity index is 1.76. The zero-order chi connectivity index (χ0) is 23.3. The van der Waals surface area contributed by atoms with Crippen LogP contribution in [0.5, 0.6) is 0 Å². The van der Waals surface area contributed by atoms with Crippen molar-refractivity contribution in [2.75, 3.05) is 0 Å². The summed E-state index contributed by atoms with van der Waals surface area (Å²) in [5.74, 6) is -0.497. The molecule has 0 bridgehead atoms. The Morgan fingerprint density at radius 2 is 1.53 bits per heavy atom. The third kappa shape index (κ3) is 6.84. The van der Waals surface area contributed by atoms with Crippen molar-refractivity contribution in [2.24, 2.45) is 0 Å². The molecule has 0 spiro atoms. The molecule has 0 radical (unpaired) electrons. The number of esters is 1.